The molecule has 20 heavy (non-hydrogen) atoms. The van der Waals surface area contributed by atoms with Gasteiger partial charge in [0.15, 0.2) is 6.10 Å². The lowest BCUT2D eigenvalue weighted by Gasteiger charge is -2.24. The van der Waals surface area contributed by atoms with Crippen LogP contribution in [0.15, 0.2) is 18.2 Å². The smallest absolute Gasteiger partial charge is 0.263 e. The monoisotopic (exact) mass is 314 g/mol. The topological polar surface area (TPSA) is 55.6 Å². The Balaban J connectivity index is 2.95. The van der Waals surface area contributed by atoms with Gasteiger partial charge in [0.05, 0.1) is 5.56 Å². The third kappa shape index (κ3) is 4.08. The first-order chi connectivity index (χ1) is 9.40. The average Bonchev–Trinajstić information content (AvgIpc) is 2.39. The van der Waals surface area contributed by atoms with E-state index in [1.165, 1.54) is 0 Å². The predicted molar refractivity (Wildman–Crippen MR) is 85.4 cm³/mol. The number of hydrogen-bond donors (Lipinski definition) is 1. The van der Waals surface area contributed by atoms with E-state index in [1.807, 2.05) is 13.8 Å². The van der Waals surface area contributed by atoms with Gasteiger partial charge in [-0.15, -0.1) is 0 Å². The molecule has 0 fully saturated rings. The molecule has 6 heteroatoms. The summed E-state index contributed by atoms with van der Waals surface area (Å²) in [7, 11) is 0. The molecule has 1 rings (SSSR count). The Morgan fingerprint density at radius 3 is 2.55 bits per heavy atom. The van der Waals surface area contributed by atoms with Crippen LogP contribution in [0.2, 0.25) is 5.02 Å². The first-order valence-corrected chi connectivity index (χ1v) is 7.24. The number of thiocarbonyl (C=S) groups is 1. The molecule has 0 saturated heterocycles. The minimum Gasteiger partial charge on any atom is -0.480 e. The Kier molecular flexibility index (Phi) is 6.23. The number of likely N-dealkylation sites (N-methyl/N-ethyl adjacent to an activating group) is 1. The molecule has 0 saturated carbocycles. The number of nitrogens with two attached hydrogens (primary N) is 1. The highest BCUT2D eigenvalue weighted by atomic mass is 35.5. The molecule has 0 aliphatic rings. The second-order valence-corrected chi connectivity index (χ2v) is 5.15. The molecule has 1 aromatic carbocycles. The van der Waals surface area contributed by atoms with Crippen LogP contribution in [0.1, 0.15) is 26.3 Å². The van der Waals surface area contributed by atoms with Crippen molar-refractivity contribution in [2.45, 2.75) is 26.9 Å². The summed E-state index contributed by atoms with van der Waals surface area (Å²) in [6.07, 6.45) is -0.624. The molecule has 1 unspecified atom stereocenters. The molecule has 0 aliphatic heterocycles. The summed E-state index contributed by atoms with van der Waals surface area (Å²) >= 11 is 10.9. The van der Waals surface area contributed by atoms with Crippen LogP contribution in [0.5, 0.6) is 5.75 Å². The molecule has 4 nitrogen and oxygen atoms in total. The highest BCUT2D eigenvalue weighted by molar-refractivity contribution is 7.80. The predicted octanol–water partition coefficient (Wildman–Crippen LogP) is 2.61. The Morgan fingerprint density at radius 1 is 1.45 bits per heavy atom. The summed E-state index contributed by atoms with van der Waals surface area (Å²) in [6.45, 7) is 6.83. The van der Waals surface area contributed by atoms with E-state index < -0.39 is 6.10 Å². The lowest BCUT2D eigenvalue weighted by Crippen LogP contribution is -2.40. The van der Waals surface area contributed by atoms with Crippen LogP contribution >= 0.6 is 23.8 Å². The Hall–Kier alpha value is -1.33. The average molecular weight is 315 g/mol. The molecule has 0 aliphatic carbocycles. The largest absolute Gasteiger partial charge is 0.480 e. The van der Waals surface area contributed by atoms with E-state index in [0.717, 1.165) is 0 Å². The molecular formula is C14H19ClN2O2S. The molecule has 1 amide bonds. The first kappa shape index (κ1) is 16.7. The van der Waals surface area contributed by atoms with E-state index in [-0.39, 0.29) is 10.9 Å². The van der Waals surface area contributed by atoms with Gasteiger partial charge in [-0.2, -0.15) is 0 Å². The van der Waals surface area contributed by atoms with Crippen LogP contribution in [-0.4, -0.2) is 35.0 Å². The van der Waals surface area contributed by atoms with Crippen molar-refractivity contribution in [3.63, 3.8) is 0 Å². The standard InChI is InChI=1S/C14H19ClN2O2S/c1-4-17(5-2)14(18)9(3)19-12-8-10(15)6-7-11(12)13(16)20/h6-9H,4-5H2,1-3H3,(H2,16,20). The number of amides is 1. The van der Waals surface area contributed by atoms with Crippen LogP contribution in [0.3, 0.4) is 0 Å². The van der Waals surface area contributed by atoms with Gasteiger partial charge in [0.25, 0.3) is 5.91 Å². The van der Waals surface area contributed by atoms with Gasteiger partial charge < -0.3 is 15.4 Å². The van der Waals surface area contributed by atoms with Crippen molar-refractivity contribution in [3.8, 4) is 5.75 Å². The summed E-state index contributed by atoms with van der Waals surface area (Å²) in [5.74, 6) is 0.349. The maximum Gasteiger partial charge on any atom is 0.263 e. The fraction of sp³-hybridized carbons (Fsp3) is 0.429. The van der Waals surface area contributed by atoms with Crippen LogP contribution in [0.25, 0.3) is 0 Å². The number of hydrogen-bond acceptors (Lipinski definition) is 3. The molecule has 0 heterocycles. The summed E-state index contributed by atoms with van der Waals surface area (Å²) in [5.41, 5.74) is 6.21. The number of ether oxygens (including phenoxy) is 1. The van der Waals surface area contributed by atoms with Gasteiger partial charge in [0.2, 0.25) is 0 Å². The molecular weight excluding hydrogens is 296 g/mol. The highest BCUT2D eigenvalue weighted by Crippen LogP contribution is 2.24. The molecule has 110 valence electrons. The van der Waals surface area contributed by atoms with Crippen LogP contribution in [-0.2, 0) is 4.79 Å². The van der Waals surface area contributed by atoms with Crippen molar-refractivity contribution in [2.75, 3.05) is 13.1 Å². The number of rotatable bonds is 6. The zero-order valence-corrected chi connectivity index (χ0v) is 13.4. The van der Waals surface area contributed by atoms with E-state index >= 15 is 0 Å². The third-order valence-electron chi connectivity index (χ3n) is 2.94. The van der Waals surface area contributed by atoms with E-state index in [0.29, 0.717) is 29.4 Å². The molecule has 1 atom stereocenters. The maximum atomic E-state index is 12.2. The second-order valence-electron chi connectivity index (χ2n) is 4.28. The zero-order valence-electron chi connectivity index (χ0n) is 11.9. The van der Waals surface area contributed by atoms with Crippen molar-refractivity contribution in [2.24, 2.45) is 5.73 Å². The van der Waals surface area contributed by atoms with Gasteiger partial charge in [-0.1, -0.05) is 23.8 Å². The SMILES string of the molecule is CCN(CC)C(=O)C(C)Oc1cc(Cl)ccc1C(N)=S. The van der Waals surface area contributed by atoms with Crippen molar-refractivity contribution in [1.29, 1.82) is 0 Å². The van der Waals surface area contributed by atoms with Crippen LogP contribution in [0.4, 0.5) is 0 Å². The lowest BCUT2D eigenvalue weighted by atomic mass is 10.2. The van der Waals surface area contributed by atoms with E-state index in [4.69, 9.17) is 34.3 Å². The summed E-state index contributed by atoms with van der Waals surface area (Å²) in [6, 6.07) is 4.98. The van der Waals surface area contributed by atoms with Crippen molar-refractivity contribution >= 4 is 34.7 Å². The van der Waals surface area contributed by atoms with Gasteiger partial charge in [0, 0.05) is 18.1 Å². The van der Waals surface area contributed by atoms with Crippen molar-refractivity contribution in [3.05, 3.63) is 28.8 Å². The van der Waals surface area contributed by atoms with Crippen molar-refractivity contribution < 1.29 is 9.53 Å². The Morgan fingerprint density at radius 2 is 2.05 bits per heavy atom. The molecule has 0 spiro atoms. The fourth-order valence-corrected chi connectivity index (χ4v) is 2.16. The number of halogens is 1. The maximum absolute atomic E-state index is 12.2. The molecule has 2 N–H and O–H groups in total. The summed E-state index contributed by atoms with van der Waals surface area (Å²) in [5, 5.41) is 0.502. The van der Waals surface area contributed by atoms with Gasteiger partial charge in [-0.05, 0) is 39.0 Å². The number of benzene rings is 1. The number of carbonyl (C=O) groups is 1. The van der Waals surface area contributed by atoms with E-state index in [2.05, 4.69) is 0 Å². The first-order valence-electron chi connectivity index (χ1n) is 6.45. The lowest BCUT2D eigenvalue weighted by molar-refractivity contribution is -0.137. The van der Waals surface area contributed by atoms with Crippen LogP contribution in [0, 0.1) is 0 Å². The summed E-state index contributed by atoms with van der Waals surface area (Å²) in [4.78, 5) is 14.1. The molecule has 0 aromatic heterocycles. The van der Waals surface area contributed by atoms with Gasteiger partial charge in [-0.25, -0.2) is 0 Å². The Labute approximate surface area is 129 Å². The van der Waals surface area contributed by atoms with Gasteiger partial charge in [-0.3, -0.25) is 4.79 Å². The molecule has 1 aromatic rings. The quantitative estimate of drug-likeness (QED) is 0.820. The van der Waals surface area contributed by atoms with E-state index in [1.54, 1.807) is 30.0 Å². The Bertz CT molecular complexity index is 504. The highest BCUT2D eigenvalue weighted by Gasteiger charge is 2.21. The van der Waals surface area contributed by atoms with Gasteiger partial charge >= 0.3 is 0 Å². The van der Waals surface area contributed by atoms with Crippen molar-refractivity contribution in [1.82, 2.24) is 4.90 Å². The molecule has 0 radical (unpaired) electrons. The normalized spacial score (nSPS) is 11.8. The van der Waals surface area contributed by atoms with Crippen LogP contribution < -0.4 is 10.5 Å². The van der Waals surface area contributed by atoms with Gasteiger partial charge in [0.1, 0.15) is 10.7 Å². The second kappa shape index (κ2) is 7.45. The summed E-state index contributed by atoms with van der Waals surface area (Å²) < 4.78 is 5.69. The third-order valence-corrected chi connectivity index (χ3v) is 3.39. The molecule has 0 bridgehead atoms. The minimum atomic E-state index is -0.624. The number of carbonyl (C=O) groups excluding carboxylic acids is 1. The zero-order chi connectivity index (χ0) is 15.3. The fourth-order valence-electron chi connectivity index (χ4n) is 1.83. The number of nitrogens with zero attached hydrogens (tertiary/aromatic N) is 1. The van der Waals surface area contributed by atoms with E-state index in [9.17, 15) is 4.79 Å². The minimum absolute atomic E-state index is 0.0798.